The van der Waals surface area contributed by atoms with Gasteiger partial charge in [-0.3, -0.25) is 4.99 Å². The summed E-state index contributed by atoms with van der Waals surface area (Å²) in [5.41, 5.74) is 1.01. The molecule has 1 aromatic rings. The Kier molecular flexibility index (Phi) is 7.71. The van der Waals surface area contributed by atoms with Gasteiger partial charge in [0.2, 0.25) is 0 Å². The fourth-order valence-electron chi connectivity index (χ4n) is 3.29. The van der Waals surface area contributed by atoms with Gasteiger partial charge in [-0.25, -0.2) is 0 Å². The van der Waals surface area contributed by atoms with E-state index in [0.29, 0.717) is 25.0 Å². The van der Waals surface area contributed by atoms with Crippen LogP contribution in [-0.4, -0.2) is 49.6 Å². The minimum atomic E-state index is -0.0126. The van der Waals surface area contributed by atoms with Crippen LogP contribution in [0.5, 0.6) is 0 Å². The molecular weight excluding hydrogens is 320 g/mol. The van der Waals surface area contributed by atoms with Gasteiger partial charge in [0.15, 0.2) is 11.7 Å². The van der Waals surface area contributed by atoms with Crippen LogP contribution in [0.1, 0.15) is 56.9 Å². The molecule has 7 nitrogen and oxygen atoms in total. The zero-order valence-electron chi connectivity index (χ0n) is 15.7. The lowest BCUT2D eigenvalue weighted by atomic mass is 9.84. The molecule has 7 heteroatoms. The molecule has 0 bridgehead atoms. The van der Waals surface area contributed by atoms with Gasteiger partial charge >= 0.3 is 0 Å². The van der Waals surface area contributed by atoms with E-state index in [4.69, 9.17) is 9.26 Å². The molecule has 142 valence electrons. The van der Waals surface area contributed by atoms with Crippen molar-refractivity contribution in [1.29, 1.82) is 0 Å². The molecule has 1 aliphatic rings. The summed E-state index contributed by atoms with van der Waals surface area (Å²) in [4.78, 5) is 4.26. The number of nitrogens with zero attached hydrogens (tertiary/aromatic N) is 2. The highest BCUT2D eigenvalue weighted by molar-refractivity contribution is 5.79. The number of hydrogen-bond donors (Lipinski definition) is 3. The highest BCUT2D eigenvalue weighted by Crippen LogP contribution is 2.31. The fourth-order valence-corrected chi connectivity index (χ4v) is 3.29. The van der Waals surface area contributed by atoms with Crippen LogP contribution < -0.4 is 10.6 Å². The van der Waals surface area contributed by atoms with E-state index >= 15 is 0 Å². The predicted molar refractivity (Wildman–Crippen MR) is 97.6 cm³/mol. The van der Waals surface area contributed by atoms with Gasteiger partial charge in [-0.2, -0.15) is 0 Å². The van der Waals surface area contributed by atoms with Crippen molar-refractivity contribution in [3.8, 4) is 0 Å². The summed E-state index contributed by atoms with van der Waals surface area (Å²) in [6, 6.07) is 2.02. The van der Waals surface area contributed by atoms with Crippen LogP contribution in [0.4, 0.5) is 0 Å². The standard InChI is InChI=1S/C18H32N4O3/c1-4-14(5-2)16-10-15(25-22-16)11-20-17(19-3)21-12-18(6-8-23)7-9-24-13-18/h10,14,23H,4-9,11-13H2,1-3H3,(H2,19,20,21). The van der Waals surface area contributed by atoms with Gasteiger partial charge in [0.1, 0.15) is 0 Å². The average Bonchev–Trinajstić information content (AvgIpc) is 3.27. The molecule has 1 unspecified atom stereocenters. The molecular formula is C18H32N4O3. The highest BCUT2D eigenvalue weighted by atomic mass is 16.5. The Morgan fingerprint density at radius 1 is 1.40 bits per heavy atom. The molecule has 0 spiro atoms. The Bertz CT molecular complexity index is 534. The van der Waals surface area contributed by atoms with Crippen molar-refractivity contribution in [1.82, 2.24) is 15.8 Å². The first kappa shape index (κ1) is 19.7. The summed E-state index contributed by atoms with van der Waals surface area (Å²) in [5.74, 6) is 1.97. The molecule has 25 heavy (non-hydrogen) atoms. The molecule has 1 fully saturated rings. The summed E-state index contributed by atoms with van der Waals surface area (Å²) in [5, 5.41) is 20.1. The van der Waals surface area contributed by atoms with Crippen LogP contribution in [0, 0.1) is 5.41 Å². The molecule has 3 N–H and O–H groups in total. The SMILES string of the molecule is CCC(CC)c1cc(CNC(=NC)NCC2(CCO)CCOC2)on1. The second-order valence-corrected chi connectivity index (χ2v) is 6.79. The summed E-state index contributed by atoms with van der Waals surface area (Å²) >= 11 is 0. The maximum Gasteiger partial charge on any atom is 0.191 e. The highest BCUT2D eigenvalue weighted by Gasteiger charge is 2.34. The van der Waals surface area contributed by atoms with Gasteiger partial charge in [0, 0.05) is 44.2 Å². The van der Waals surface area contributed by atoms with E-state index in [2.05, 4.69) is 34.6 Å². The molecule has 0 aromatic carbocycles. The van der Waals surface area contributed by atoms with Crippen molar-refractivity contribution in [3.63, 3.8) is 0 Å². The van der Waals surface area contributed by atoms with Crippen LogP contribution in [0.15, 0.2) is 15.6 Å². The van der Waals surface area contributed by atoms with Crippen LogP contribution in [-0.2, 0) is 11.3 Å². The molecule has 2 rings (SSSR count). The smallest absolute Gasteiger partial charge is 0.191 e. The molecule has 1 atom stereocenters. The first-order chi connectivity index (χ1) is 12.2. The molecule has 2 heterocycles. The Labute approximate surface area is 150 Å². The van der Waals surface area contributed by atoms with Crippen LogP contribution >= 0.6 is 0 Å². The molecule has 1 aromatic heterocycles. The van der Waals surface area contributed by atoms with Crippen molar-refractivity contribution in [3.05, 3.63) is 17.5 Å². The van der Waals surface area contributed by atoms with E-state index in [1.54, 1.807) is 7.05 Å². The Morgan fingerprint density at radius 3 is 2.80 bits per heavy atom. The second kappa shape index (κ2) is 9.77. The van der Waals surface area contributed by atoms with E-state index in [1.807, 2.05) is 6.07 Å². The number of hydrogen-bond acceptors (Lipinski definition) is 5. The molecule has 0 radical (unpaired) electrons. The minimum Gasteiger partial charge on any atom is -0.396 e. The van der Waals surface area contributed by atoms with Crippen molar-refractivity contribution in [2.24, 2.45) is 10.4 Å². The Hall–Kier alpha value is -1.60. The van der Waals surface area contributed by atoms with Gasteiger partial charge in [-0.05, 0) is 25.7 Å². The van der Waals surface area contributed by atoms with E-state index < -0.39 is 0 Å². The normalized spacial score (nSPS) is 21.1. The van der Waals surface area contributed by atoms with Crippen LogP contribution in [0.2, 0.25) is 0 Å². The lowest BCUT2D eigenvalue weighted by Gasteiger charge is -2.27. The first-order valence-corrected chi connectivity index (χ1v) is 9.25. The molecule has 1 saturated heterocycles. The van der Waals surface area contributed by atoms with E-state index in [0.717, 1.165) is 50.3 Å². The van der Waals surface area contributed by atoms with Gasteiger partial charge in [0.05, 0.1) is 18.8 Å². The predicted octanol–water partition coefficient (Wildman–Crippen LogP) is 2.03. The quantitative estimate of drug-likeness (QED) is 0.465. The number of aliphatic imine (C=N–C) groups is 1. The second-order valence-electron chi connectivity index (χ2n) is 6.79. The van der Waals surface area contributed by atoms with Gasteiger partial charge < -0.3 is 25.0 Å². The Morgan fingerprint density at radius 2 is 2.20 bits per heavy atom. The third-order valence-electron chi connectivity index (χ3n) is 5.09. The minimum absolute atomic E-state index is 0.0126. The van der Waals surface area contributed by atoms with Gasteiger partial charge in [-0.15, -0.1) is 0 Å². The largest absolute Gasteiger partial charge is 0.396 e. The van der Waals surface area contributed by atoms with E-state index in [1.165, 1.54) is 0 Å². The lowest BCUT2D eigenvalue weighted by Crippen LogP contribution is -2.44. The van der Waals surface area contributed by atoms with Crippen molar-refractivity contribution in [2.45, 2.75) is 52.0 Å². The summed E-state index contributed by atoms with van der Waals surface area (Å²) in [6.07, 6.45) is 3.82. The van der Waals surface area contributed by atoms with Gasteiger partial charge in [0.25, 0.3) is 0 Å². The maximum atomic E-state index is 9.31. The maximum absolute atomic E-state index is 9.31. The van der Waals surface area contributed by atoms with Gasteiger partial charge in [-0.1, -0.05) is 19.0 Å². The Balaban J connectivity index is 1.84. The fraction of sp³-hybridized carbons (Fsp3) is 0.778. The van der Waals surface area contributed by atoms with E-state index in [-0.39, 0.29) is 12.0 Å². The molecule has 1 aliphatic heterocycles. The molecule has 0 aliphatic carbocycles. The summed E-state index contributed by atoms with van der Waals surface area (Å²) in [7, 11) is 1.75. The topological polar surface area (TPSA) is 91.9 Å². The number of aliphatic hydroxyl groups excluding tert-OH is 1. The number of rotatable bonds is 9. The monoisotopic (exact) mass is 352 g/mol. The van der Waals surface area contributed by atoms with Crippen molar-refractivity contribution in [2.75, 3.05) is 33.4 Å². The van der Waals surface area contributed by atoms with Crippen molar-refractivity contribution >= 4 is 5.96 Å². The first-order valence-electron chi connectivity index (χ1n) is 9.25. The average molecular weight is 352 g/mol. The summed E-state index contributed by atoms with van der Waals surface area (Å²) < 4.78 is 11.0. The lowest BCUT2D eigenvalue weighted by molar-refractivity contribution is 0.127. The molecule has 0 saturated carbocycles. The van der Waals surface area contributed by atoms with Crippen LogP contribution in [0.3, 0.4) is 0 Å². The number of aliphatic hydroxyl groups is 1. The molecule has 0 amide bonds. The number of aromatic nitrogens is 1. The number of guanidine groups is 1. The number of ether oxygens (including phenoxy) is 1. The van der Waals surface area contributed by atoms with E-state index in [9.17, 15) is 5.11 Å². The zero-order chi connectivity index (χ0) is 18.1. The zero-order valence-corrected chi connectivity index (χ0v) is 15.7. The third-order valence-corrected chi connectivity index (χ3v) is 5.09. The third kappa shape index (κ3) is 5.44. The number of nitrogens with one attached hydrogen (secondary N) is 2. The summed E-state index contributed by atoms with van der Waals surface area (Å²) in [6.45, 7) is 7.21. The van der Waals surface area contributed by atoms with Crippen molar-refractivity contribution < 1.29 is 14.4 Å². The van der Waals surface area contributed by atoms with Crippen LogP contribution in [0.25, 0.3) is 0 Å².